The monoisotopic (exact) mass is 313 g/mol. The quantitative estimate of drug-likeness (QED) is 0.783. The van der Waals surface area contributed by atoms with Crippen LogP contribution < -0.4 is 0 Å². The lowest BCUT2D eigenvalue weighted by molar-refractivity contribution is 0.310. The Kier molecular flexibility index (Phi) is 4.15. The van der Waals surface area contributed by atoms with Gasteiger partial charge in [0.05, 0.1) is 5.33 Å². The summed E-state index contributed by atoms with van der Waals surface area (Å²) in [6, 6.07) is 0. The molecule has 18 heavy (non-hydrogen) atoms. The Hall–Kier alpha value is -0.380. The second kappa shape index (κ2) is 5.32. The van der Waals surface area contributed by atoms with Gasteiger partial charge in [-0.2, -0.15) is 0 Å². The van der Waals surface area contributed by atoms with Crippen molar-refractivity contribution in [3.8, 4) is 0 Å². The Bertz CT molecular complexity index is 409. The fraction of sp³-hybridized carbons (Fsp3) is 0.857. The smallest absolute Gasteiger partial charge is 0.143 e. The van der Waals surface area contributed by atoms with Gasteiger partial charge in [0.15, 0.2) is 0 Å². The lowest BCUT2D eigenvalue weighted by atomic mass is 9.81. The highest BCUT2D eigenvalue weighted by Crippen LogP contribution is 2.48. The van der Waals surface area contributed by atoms with E-state index in [1.54, 1.807) is 0 Å². The van der Waals surface area contributed by atoms with Crippen LogP contribution in [0.15, 0.2) is 0 Å². The van der Waals surface area contributed by atoms with Crippen LogP contribution in [0.3, 0.4) is 0 Å². The summed E-state index contributed by atoms with van der Waals surface area (Å²) in [6.45, 7) is 10.3. The summed E-state index contributed by atoms with van der Waals surface area (Å²) < 4.78 is 2.34. The van der Waals surface area contributed by atoms with Crippen LogP contribution in [0.25, 0.3) is 0 Å². The molecule has 1 aliphatic carbocycles. The molecule has 1 aromatic heterocycles. The minimum absolute atomic E-state index is 0.366. The van der Waals surface area contributed by atoms with Crippen molar-refractivity contribution in [2.45, 2.75) is 64.8 Å². The first kappa shape index (κ1) is 14.0. The highest BCUT2D eigenvalue weighted by Gasteiger charge is 2.38. The van der Waals surface area contributed by atoms with Gasteiger partial charge in [-0.1, -0.05) is 50.0 Å². The first-order valence-electron chi connectivity index (χ1n) is 6.93. The molecule has 1 aliphatic rings. The summed E-state index contributed by atoms with van der Waals surface area (Å²) in [5.41, 5.74) is 0.366. The van der Waals surface area contributed by atoms with Gasteiger partial charge < -0.3 is 4.57 Å². The summed E-state index contributed by atoms with van der Waals surface area (Å²) in [5, 5.41) is 9.66. The summed E-state index contributed by atoms with van der Waals surface area (Å²) >= 11 is 3.53. The summed E-state index contributed by atoms with van der Waals surface area (Å²) in [5.74, 6) is 3.47. The van der Waals surface area contributed by atoms with Crippen molar-refractivity contribution in [1.82, 2.24) is 14.8 Å². The van der Waals surface area contributed by atoms with Gasteiger partial charge in [0.1, 0.15) is 11.6 Å². The molecule has 1 unspecified atom stereocenters. The molecule has 2 rings (SSSR count). The standard InChI is InChI=1S/C14H24BrN3/c1-10(2)9-18-12(8-15)16-17-13(18)11-6-5-7-14(11,3)4/h10-11H,5-9H2,1-4H3. The van der Waals surface area contributed by atoms with Crippen molar-refractivity contribution in [1.29, 1.82) is 0 Å². The van der Waals surface area contributed by atoms with Crippen LogP contribution in [0.5, 0.6) is 0 Å². The van der Waals surface area contributed by atoms with E-state index < -0.39 is 0 Å². The number of hydrogen-bond acceptors (Lipinski definition) is 2. The average Bonchev–Trinajstić information content (AvgIpc) is 2.80. The first-order chi connectivity index (χ1) is 8.45. The molecule has 0 spiro atoms. The number of rotatable bonds is 4. The fourth-order valence-electron chi connectivity index (χ4n) is 3.08. The van der Waals surface area contributed by atoms with Crippen molar-refractivity contribution in [2.24, 2.45) is 11.3 Å². The largest absolute Gasteiger partial charge is 0.314 e. The van der Waals surface area contributed by atoms with E-state index in [0.717, 1.165) is 17.7 Å². The molecule has 0 aliphatic heterocycles. The zero-order chi connectivity index (χ0) is 13.3. The third-order valence-electron chi connectivity index (χ3n) is 4.09. The van der Waals surface area contributed by atoms with Gasteiger partial charge in [-0.15, -0.1) is 10.2 Å². The molecule has 0 N–H and O–H groups in total. The predicted octanol–water partition coefficient (Wildman–Crippen LogP) is 4.12. The van der Waals surface area contributed by atoms with Gasteiger partial charge in [-0.25, -0.2) is 0 Å². The molecule has 102 valence electrons. The first-order valence-corrected chi connectivity index (χ1v) is 8.06. The Balaban J connectivity index is 2.35. The van der Waals surface area contributed by atoms with Gasteiger partial charge in [-0.05, 0) is 24.2 Å². The van der Waals surface area contributed by atoms with Crippen molar-refractivity contribution in [3.05, 3.63) is 11.6 Å². The average molecular weight is 314 g/mol. The lowest BCUT2D eigenvalue weighted by Crippen LogP contribution is -2.21. The number of halogens is 1. The normalized spacial score (nSPS) is 22.9. The van der Waals surface area contributed by atoms with E-state index in [9.17, 15) is 0 Å². The molecule has 0 bridgehead atoms. The van der Waals surface area contributed by atoms with Gasteiger partial charge in [0, 0.05) is 12.5 Å². The van der Waals surface area contributed by atoms with Gasteiger partial charge in [-0.3, -0.25) is 0 Å². The van der Waals surface area contributed by atoms with Crippen LogP contribution >= 0.6 is 15.9 Å². The van der Waals surface area contributed by atoms with Crippen LogP contribution in [-0.2, 0) is 11.9 Å². The molecule has 1 aromatic rings. The fourth-order valence-corrected chi connectivity index (χ4v) is 3.49. The van der Waals surface area contributed by atoms with Crippen molar-refractivity contribution in [2.75, 3.05) is 0 Å². The van der Waals surface area contributed by atoms with E-state index in [0.29, 0.717) is 17.3 Å². The lowest BCUT2D eigenvalue weighted by Gasteiger charge is -2.27. The molecule has 0 saturated heterocycles. The second-order valence-corrected chi connectivity index (χ2v) is 7.11. The minimum Gasteiger partial charge on any atom is -0.314 e. The highest BCUT2D eigenvalue weighted by atomic mass is 79.9. The third kappa shape index (κ3) is 2.63. The molecular weight excluding hydrogens is 290 g/mol. The Morgan fingerprint density at radius 2 is 2.11 bits per heavy atom. The number of hydrogen-bond donors (Lipinski definition) is 0. The van der Waals surface area contributed by atoms with Crippen LogP contribution in [0, 0.1) is 11.3 Å². The zero-order valence-corrected chi connectivity index (χ0v) is 13.5. The SMILES string of the molecule is CC(C)Cn1c(CBr)nnc1C1CCCC1(C)C. The highest BCUT2D eigenvalue weighted by molar-refractivity contribution is 9.08. The zero-order valence-electron chi connectivity index (χ0n) is 11.9. The number of nitrogens with zero attached hydrogens (tertiary/aromatic N) is 3. The van der Waals surface area contributed by atoms with Gasteiger partial charge >= 0.3 is 0 Å². The molecule has 4 heteroatoms. The summed E-state index contributed by atoms with van der Waals surface area (Å²) in [7, 11) is 0. The maximum atomic E-state index is 4.50. The van der Waals surface area contributed by atoms with E-state index in [1.165, 1.54) is 25.1 Å². The van der Waals surface area contributed by atoms with Crippen LogP contribution in [0.4, 0.5) is 0 Å². The van der Waals surface area contributed by atoms with E-state index >= 15 is 0 Å². The van der Waals surface area contributed by atoms with Crippen molar-refractivity contribution >= 4 is 15.9 Å². The van der Waals surface area contributed by atoms with E-state index in [4.69, 9.17) is 0 Å². The van der Waals surface area contributed by atoms with Crippen molar-refractivity contribution in [3.63, 3.8) is 0 Å². The Morgan fingerprint density at radius 3 is 2.61 bits per heavy atom. The number of aromatic nitrogens is 3. The number of alkyl halides is 1. The van der Waals surface area contributed by atoms with Crippen molar-refractivity contribution < 1.29 is 0 Å². The molecule has 1 saturated carbocycles. The van der Waals surface area contributed by atoms with E-state index in [-0.39, 0.29) is 0 Å². The molecule has 1 heterocycles. The molecule has 1 fully saturated rings. The summed E-state index contributed by atoms with van der Waals surface area (Å²) in [6.07, 6.45) is 3.87. The topological polar surface area (TPSA) is 30.7 Å². The Morgan fingerprint density at radius 1 is 1.39 bits per heavy atom. The molecule has 3 nitrogen and oxygen atoms in total. The molecule has 0 radical (unpaired) electrons. The summed E-state index contributed by atoms with van der Waals surface area (Å²) in [4.78, 5) is 0. The Labute approximate surface area is 118 Å². The van der Waals surface area contributed by atoms with Gasteiger partial charge in [0.25, 0.3) is 0 Å². The van der Waals surface area contributed by atoms with Crippen LogP contribution in [0.2, 0.25) is 0 Å². The second-order valence-electron chi connectivity index (χ2n) is 6.55. The van der Waals surface area contributed by atoms with Crippen LogP contribution in [0.1, 0.15) is 64.5 Å². The molecule has 0 amide bonds. The maximum Gasteiger partial charge on any atom is 0.143 e. The third-order valence-corrected chi connectivity index (χ3v) is 4.59. The maximum absolute atomic E-state index is 4.50. The molecule has 1 atom stereocenters. The molecule has 0 aromatic carbocycles. The van der Waals surface area contributed by atoms with E-state index in [2.05, 4.69) is 58.4 Å². The minimum atomic E-state index is 0.366. The van der Waals surface area contributed by atoms with E-state index in [1.807, 2.05) is 0 Å². The van der Waals surface area contributed by atoms with Gasteiger partial charge in [0.2, 0.25) is 0 Å². The van der Waals surface area contributed by atoms with Crippen LogP contribution in [-0.4, -0.2) is 14.8 Å². The predicted molar refractivity (Wildman–Crippen MR) is 77.9 cm³/mol. The molecular formula is C14H24BrN3.